The third kappa shape index (κ3) is 2.67. The van der Waals surface area contributed by atoms with Crippen molar-refractivity contribution in [1.82, 2.24) is 10.7 Å². The topological polar surface area (TPSA) is 48.8 Å². The molecule has 0 spiro atoms. The second-order valence-electron chi connectivity index (χ2n) is 3.61. The van der Waals surface area contributed by atoms with E-state index in [1.807, 2.05) is 18.4 Å². The summed E-state index contributed by atoms with van der Waals surface area (Å²) in [7, 11) is 0. The highest BCUT2D eigenvalue weighted by Crippen LogP contribution is 2.00. The number of nitrogens with zero attached hydrogens (tertiary/aromatic N) is 2. The third-order valence-corrected chi connectivity index (χ3v) is 2.40. The fraction of sp³-hybridized carbons (Fsp3) is 0.600. The van der Waals surface area contributed by atoms with Crippen LogP contribution in [0.15, 0.2) is 22.2 Å². The zero-order chi connectivity index (χ0) is 9.64. The van der Waals surface area contributed by atoms with Crippen molar-refractivity contribution in [2.45, 2.75) is 18.9 Å². The molecule has 1 unspecified atom stereocenters. The molecule has 0 saturated carbocycles. The van der Waals surface area contributed by atoms with Crippen LogP contribution in [-0.2, 0) is 0 Å². The maximum atomic E-state index is 4.30. The molecule has 14 heavy (non-hydrogen) atoms. The summed E-state index contributed by atoms with van der Waals surface area (Å²) in [6.07, 6.45) is 8.25. The summed E-state index contributed by atoms with van der Waals surface area (Å²) < 4.78 is 0. The van der Waals surface area contributed by atoms with Gasteiger partial charge in [-0.15, -0.1) is 0 Å². The predicted octanol–water partition coefficient (Wildman–Crippen LogP) is 0.325. The zero-order valence-electron chi connectivity index (χ0n) is 8.24. The summed E-state index contributed by atoms with van der Waals surface area (Å²) in [5, 5.41) is 7.64. The molecule has 0 aromatic rings. The third-order valence-electron chi connectivity index (χ3n) is 2.40. The van der Waals surface area contributed by atoms with Crippen molar-refractivity contribution in [3.63, 3.8) is 0 Å². The number of nitrogens with one attached hydrogen (secondary N) is 2. The van der Waals surface area contributed by atoms with Gasteiger partial charge in [0.1, 0.15) is 5.71 Å². The molecule has 1 saturated heterocycles. The standard InChI is InChI=1S/C10H16N4/c1-3-9(7-11-5-1)13-14-10-4-2-6-12-8-10/h1,3,7,10,12,14H,2,4-6,8H2/b13-9+. The van der Waals surface area contributed by atoms with E-state index >= 15 is 0 Å². The van der Waals surface area contributed by atoms with Crippen LogP contribution in [0.2, 0.25) is 0 Å². The van der Waals surface area contributed by atoms with Crippen LogP contribution < -0.4 is 10.7 Å². The van der Waals surface area contributed by atoms with Crippen LogP contribution >= 0.6 is 0 Å². The van der Waals surface area contributed by atoms with Crippen molar-refractivity contribution in [2.75, 3.05) is 19.6 Å². The number of rotatable bonds is 2. The number of hydrogen-bond acceptors (Lipinski definition) is 4. The predicted molar refractivity (Wildman–Crippen MR) is 59.0 cm³/mol. The van der Waals surface area contributed by atoms with Gasteiger partial charge in [-0.2, -0.15) is 5.10 Å². The maximum Gasteiger partial charge on any atom is 0.100 e. The molecule has 0 aromatic carbocycles. The molecule has 1 fully saturated rings. The Morgan fingerprint density at radius 2 is 2.57 bits per heavy atom. The molecule has 4 heteroatoms. The van der Waals surface area contributed by atoms with Crippen LogP contribution in [0.25, 0.3) is 0 Å². The first kappa shape index (κ1) is 9.40. The Labute approximate surface area is 84.2 Å². The van der Waals surface area contributed by atoms with E-state index < -0.39 is 0 Å². The molecule has 2 aliphatic rings. The highest BCUT2D eigenvalue weighted by molar-refractivity contribution is 6.36. The summed E-state index contributed by atoms with van der Waals surface area (Å²) in [4.78, 5) is 4.12. The number of aliphatic imine (C=N–C) groups is 1. The van der Waals surface area contributed by atoms with Crippen LogP contribution in [0.1, 0.15) is 12.8 Å². The average Bonchev–Trinajstić information content (AvgIpc) is 2.29. The van der Waals surface area contributed by atoms with Gasteiger partial charge in [-0.05, 0) is 25.5 Å². The second-order valence-corrected chi connectivity index (χ2v) is 3.61. The van der Waals surface area contributed by atoms with Crippen LogP contribution in [0.3, 0.4) is 0 Å². The molecule has 0 aromatic heterocycles. The highest BCUT2D eigenvalue weighted by Gasteiger charge is 2.11. The van der Waals surface area contributed by atoms with Gasteiger partial charge in [0.05, 0.1) is 12.6 Å². The van der Waals surface area contributed by atoms with Crippen molar-refractivity contribution in [3.8, 4) is 0 Å². The van der Waals surface area contributed by atoms with Crippen molar-refractivity contribution < 1.29 is 0 Å². The first-order chi connectivity index (χ1) is 6.95. The largest absolute Gasteiger partial charge is 0.315 e. The van der Waals surface area contributed by atoms with Gasteiger partial charge in [0, 0.05) is 12.8 Å². The summed E-state index contributed by atoms with van der Waals surface area (Å²) in [6.45, 7) is 2.93. The Kier molecular flexibility index (Phi) is 3.29. The molecule has 2 N–H and O–H groups in total. The molecular formula is C10H16N4. The van der Waals surface area contributed by atoms with Crippen LogP contribution in [0.5, 0.6) is 0 Å². The first-order valence-electron chi connectivity index (χ1n) is 5.15. The van der Waals surface area contributed by atoms with Gasteiger partial charge < -0.3 is 10.7 Å². The number of allylic oxidation sites excluding steroid dienone is 1. The molecule has 2 aliphatic heterocycles. The van der Waals surface area contributed by atoms with E-state index in [0.717, 1.165) is 25.3 Å². The van der Waals surface area contributed by atoms with Crippen LogP contribution in [0.4, 0.5) is 0 Å². The number of hydrogen-bond donors (Lipinski definition) is 2. The molecule has 0 radical (unpaired) electrons. The lowest BCUT2D eigenvalue weighted by Gasteiger charge is -2.22. The lowest BCUT2D eigenvalue weighted by Crippen LogP contribution is -2.41. The Balaban J connectivity index is 1.82. The van der Waals surface area contributed by atoms with Gasteiger partial charge in [-0.25, -0.2) is 0 Å². The quantitative estimate of drug-likeness (QED) is 0.619. The molecule has 1 atom stereocenters. The van der Waals surface area contributed by atoms with Crippen LogP contribution in [-0.4, -0.2) is 37.6 Å². The van der Waals surface area contributed by atoms with Crippen molar-refractivity contribution in [1.29, 1.82) is 0 Å². The van der Waals surface area contributed by atoms with Crippen molar-refractivity contribution in [3.05, 3.63) is 12.2 Å². The van der Waals surface area contributed by atoms with E-state index in [1.54, 1.807) is 0 Å². The highest BCUT2D eigenvalue weighted by atomic mass is 15.3. The molecule has 2 heterocycles. The van der Waals surface area contributed by atoms with E-state index in [2.05, 4.69) is 20.8 Å². The zero-order valence-corrected chi connectivity index (χ0v) is 8.24. The summed E-state index contributed by atoms with van der Waals surface area (Å²) in [6, 6.07) is 0.472. The first-order valence-corrected chi connectivity index (χ1v) is 5.15. The second kappa shape index (κ2) is 4.91. The minimum Gasteiger partial charge on any atom is -0.315 e. The maximum absolute atomic E-state index is 4.30. The molecule has 2 rings (SSSR count). The van der Waals surface area contributed by atoms with Crippen LogP contribution in [0, 0.1) is 0 Å². The number of piperidine rings is 1. The Morgan fingerprint density at radius 3 is 3.29 bits per heavy atom. The van der Waals surface area contributed by atoms with Gasteiger partial charge >= 0.3 is 0 Å². The minimum atomic E-state index is 0.472. The summed E-state index contributed by atoms with van der Waals surface area (Å²) in [5.41, 5.74) is 4.09. The smallest absolute Gasteiger partial charge is 0.100 e. The Bertz CT molecular complexity index is 247. The molecule has 4 nitrogen and oxygen atoms in total. The Hall–Kier alpha value is -1.16. The lowest BCUT2D eigenvalue weighted by atomic mass is 10.1. The van der Waals surface area contributed by atoms with E-state index in [9.17, 15) is 0 Å². The van der Waals surface area contributed by atoms with Gasteiger partial charge in [-0.1, -0.05) is 6.08 Å². The fourth-order valence-electron chi connectivity index (χ4n) is 1.62. The Morgan fingerprint density at radius 1 is 1.57 bits per heavy atom. The number of hydrazone groups is 1. The van der Waals surface area contributed by atoms with Gasteiger partial charge in [0.2, 0.25) is 0 Å². The summed E-state index contributed by atoms with van der Waals surface area (Å²) >= 11 is 0. The average molecular weight is 192 g/mol. The van der Waals surface area contributed by atoms with E-state index in [-0.39, 0.29) is 0 Å². The van der Waals surface area contributed by atoms with Gasteiger partial charge in [-0.3, -0.25) is 4.99 Å². The fourth-order valence-corrected chi connectivity index (χ4v) is 1.62. The number of dihydropyridines is 1. The van der Waals surface area contributed by atoms with E-state index in [0.29, 0.717) is 6.04 Å². The van der Waals surface area contributed by atoms with Crippen molar-refractivity contribution >= 4 is 11.9 Å². The molecule has 0 amide bonds. The minimum absolute atomic E-state index is 0.472. The lowest BCUT2D eigenvalue weighted by molar-refractivity contribution is 0.398. The SMILES string of the molecule is C1=C/C(=N\NC2CCCNC2)C=NC1. The molecule has 76 valence electrons. The van der Waals surface area contributed by atoms with Gasteiger partial charge in [0.25, 0.3) is 0 Å². The van der Waals surface area contributed by atoms with Gasteiger partial charge in [0.15, 0.2) is 0 Å². The van der Waals surface area contributed by atoms with E-state index in [1.165, 1.54) is 12.8 Å². The summed E-state index contributed by atoms with van der Waals surface area (Å²) in [5.74, 6) is 0. The molecular weight excluding hydrogens is 176 g/mol. The van der Waals surface area contributed by atoms with Crippen molar-refractivity contribution in [2.24, 2.45) is 10.1 Å². The van der Waals surface area contributed by atoms with E-state index in [4.69, 9.17) is 0 Å². The monoisotopic (exact) mass is 192 g/mol. The normalized spacial score (nSPS) is 29.4. The molecule has 0 bridgehead atoms. The molecule has 0 aliphatic carbocycles.